The third-order valence-corrected chi connectivity index (χ3v) is 1.86. The van der Waals surface area contributed by atoms with E-state index < -0.39 is 0 Å². The van der Waals surface area contributed by atoms with Crippen LogP contribution in [0.2, 0.25) is 0 Å². The highest BCUT2D eigenvalue weighted by Crippen LogP contribution is 2.22. The van der Waals surface area contributed by atoms with Crippen LogP contribution in [0.3, 0.4) is 0 Å². The number of carbonyl (C=O) groups excluding carboxylic acids is 1. The molecule has 0 aliphatic heterocycles. The van der Waals surface area contributed by atoms with E-state index in [1.54, 1.807) is 0 Å². The van der Waals surface area contributed by atoms with E-state index in [-0.39, 0.29) is 22.5 Å². The van der Waals surface area contributed by atoms with E-state index in [2.05, 4.69) is 4.99 Å². The number of hydrogen-bond acceptors (Lipinski definition) is 3. The molecule has 0 heterocycles. The molecule has 0 radical (unpaired) electrons. The van der Waals surface area contributed by atoms with Crippen molar-refractivity contribution in [2.75, 3.05) is 0 Å². The first kappa shape index (κ1) is 14.9. The van der Waals surface area contributed by atoms with Gasteiger partial charge < -0.3 is 5.11 Å². The van der Waals surface area contributed by atoms with Crippen LogP contribution in [0.5, 0.6) is 0 Å². The summed E-state index contributed by atoms with van der Waals surface area (Å²) in [6, 6.07) is 0. The van der Waals surface area contributed by atoms with Crippen LogP contribution in [-0.4, -0.2) is 22.1 Å². The highest BCUT2D eigenvalue weighted by Gasteiger charge is 2.19. The minimum absolute atomic E-state index is 0.134. The van der Waals surface area contributed by atoms with Crippen LogP contribution in [0.25, 0.3) is 0 Å². The van der Waals surface area contributed by atoms with Gasteiger partial charge in [-0.25, -0.2) is 0 Å². The minimum Gasteiger partial charge on any atom is -0.512 e. The summed E-state index contributed by atoms with van der Waals surface area (Å²) in [5, 5.41) is 9.83. The van der Waals surface area contributed by atoms with Crippen LogP contribution in [-0.2, 0) is 4.79 Å². The van der Waals surface area contributed by atoms with E-state index in [0.717, 1.165) is 0 Å². The van der Waals surface area contributed by atoms with Gasteiger partial charge in [-0.1, -0.05) is 20.8 Å². The van der Waals surface area contributed by atoms with Gasteiger partial charge in [0, 0.05) is 18.4 Å². The molecule has 0 aliphatic rings. The van der Waals surface area contributed by atoms with E-state index in [4.69, 9.17) is 0 Å². The molecule has 0 unspecified atom stereocenters. The molecule has 16 heavy (non-hydrogen) atoms. The normalized spacial score (nSPS) is 15.2. The standard InChI is InChI=1S/C13H23NO2/c1-9(15)10(14-13(5,6)7)8-11(16)12(2,3)4/h8,16H,1-7H3/b11-8+,14-10+. The van der Waals surface area contributed by atoms with Gasteiger partial charge in [-0.15, -0.1) is 0 Å². The summed E-state index contributed by atoms with van der Waals surface area (Å²) in [4.78, 5) is 15.7. The zero-order valence-corrected chi connectivity index (χ0v) is 11.4. The largest absolute Gasteiger partial charge is 0.512 e. The summed E-state index contributed by atoms with van der Waals surface area (Å²) < 4.78 is 0. The van der Waals surface area contributed by atoms with Gasteiger partial charge in [0.25, 0.3) is 0 Å². The van der Waals surface area contributed by atoms with Crippen LogP contribution in [0, 0.1) is 5.41 Å². The molecule has 0 aliphatic carbocycles. The Bertz CT molecular complexity index is 325. The predicted molar refractivity (Wildman–Crippen MR) is 68.0 cm³/mol. The topological polar surface area (TPSA) is 49.7 Å². The summed E-state index contributed by atoms with van der Waals surface area (Å²) in [6.07, 6.45) is 1.47. The fourth-order valence-corrected chi connectivity index (χ4v) is 0.920. The quantitative estimate of drug-likeness (QED) is 0.579. The molecule has 92 valence electrons. The Morgan fingerprint density at radius 1 is 1.12 bits per heavy atom. The molecular weight excluding hydrogens is 202 g/mol. The van der Waals surface area contributed by atoms with E-state index >= 15 is 0 Å². The zero-order chi connectivity index (χ0) is 13.1. The summed E-state index contributed by atoms with van der Waals surface area (Å²) in [6.45, 7) is 12.8. The van der Waals surface area contributed by atoms with Crippen LogP contribution in [0.15, 0.2) is 16.8 Å². The Hall–Kier alpha value is -1.12. The van der Waals surface area contributed by atoms with Crippen molar-refractivity contribution < 1.29 is 9.90 Å². The van der Waals surface area contributed by atoms with Crippen LogP contribution in [0.4, 0.5) is 0 Å². The smallest absolute Gasteiger partial charge is 0.177 e. The van der Waals surface area contributed by atoms with Crippen LogP contribution < -0.4 is 0 Å². The van der Waals surface area contributed by atoms with Crippen molar-refractivity contribution in [3.63, 3.8) is 0 Å². The second kappa shape index (κ2) is 4.81. The summed E-state index contributed by atoms with van der Waals surface area (Å²) in [5.41, 5.74) is -0.371. The molecule has 0 spiro atoms. The highest BCUT2D eigenvalue weighted by molar-refractivity contribution is 6.43. The van der Waals surface area contributed by atoms with E-state index in [1.165, 1.54) is 13.0 Å². The minimum atomic E-state index is -0.367. The van der Waals surface area contributed by atoms with Crippen molar-refractivity contribution in [3.8, 4) is 0 Å². The number of hydrogen-bond donors (Lipinski definition) is 1. The maximum atomic E-state index is 11.4. The lowest BCUT2D eigenvalue weighted by Gasteiger charge is -2.18. The lowest BCUT2D eigenvalue weighted by molar-refractivity contribution is -0.111. The Kier molecular flexibility index (Phi) is 4.47. The Labute approximate surface area is 98.3 Å². The van der Waals surface area contributed by atoms with Gasteiger partial charge in [0.15, 0.2) is 5.78 Å². The Balaban J connectivity index is 5.30. The predicted octanol–water partition coefficient (Wildman–Crippen LogP) is 3.30. The maximum Gasteiger partial charge on any atom is 0.177 e. The van der Waals surface area contributed by atoms with E-state index in [0.29, 0.717) is 5.71 Å². The van der Waals surface area contributed by atoms with Crippen molar-refractivity contribution in [3.05, 3.63) is 11.8 Å². The summed E-state index contributed by atoms with van der Waals surface area (Å²) in [5.74, 6) is 0.0384. The first-order valence-corrected chi connectivity index (χ1v) is 5.45. The first-order valence-electron chi connectivity index (χ1n) is 5.45. The molecule has 0 fully saturated rings. The SMILES string of the molecule is CC(=O)C(/C=C(/O)C(C)(C)C)=N/C(C)(C)C. The van der Waals surface area contributed by atoms with Gasteiger partial charge in [0.05, 0.1) is 11.3 Å². The number of Topliss-reactive ketones (excluding diaryl/α,β-unsaturated/α-hetero) is 1. The molecule has 0 bridgehead atoms. The molecule has 0 saturated carbocycles. The van der Waals surface area contributed by atoms with Gasteiger partial charge in [-0.3, -0.25) is 9.79 Å². The Morgan fingerprint density at radius 3 is 1.81 bits per heavy atom. The number of aliphatic hydroxyl groups is 1. The fourth-order valence-electron chi connectivity index (χ4n) is 0.920. The number of carbonyl (C=O) groups is 1. The van der Waals surface area contributed by atoms with Gasteiger partial charge in [-0.2, -0.15) is 0 Å². The molecular formula is C13H23NO2. The number of nitrogens with zero attached hydrogens (tertiary/aromatic N) is 1. The lowest BCUT2D eigenvalue weighted by Crippen LogP contribution is -2.19. The third-order valence-electron chi connectivity index (χ3n) is 1.86. The third kappa shape index (κ3) is 5.69. The number of rotatable bonds is 2. The number of aliphatic imine (C=N–C) groups is 1. The van der Waals surface area contributed by atoms with Crippen molar-refractivity contribution in [2.24, 2.45) is 10.4 Å². The average molecular weight is 225 g/mol. The molecule has 0 aromatic rings. The molecule has 0 rings (SSSR count). The van der Waals surface area contributed by atoms with E-state index in [9.17, 15) is 9.90 Å². The van der Waals surface area contributed by atoms with Crippen molar-refractivity contribution in [1.82, 2.24) is 0 Å². The maximum absolute atomic E-state index is 11.4. The van der Waals surface area contributed by atoms with Crippen molar-refractivity contribution >= 4 is 11.5 Å². The molecule has 3 nitrogen and oxygen atoms in total. The summed E-state index contributed by atoms with van der Waals surface area (Å²) >= 11 is 0. The second-order valence-electron chi connectivity index (χ2n) is 6.00. The monoisotopic (exact) mass is 225 g/mol. The molecule has 0 amide bonds. The highest BCUT2D eigenvalue weighted by atomic mass is 16.3. The summed E-state index contributed by atoms with van der Waals surface area (Å²) in [7, 11) is 0. The zero-order valence-electron chi connectivity index (χ0n) is 11.4. The molecule has 0 aromatic heterocycles. The van der Waals surface area contributed by atoms with Crippen molar-refractivity contribution in [1.29, 1.82) is 0 Å². The van der Waals surface area contributed by atoms with E-state index in [1.807, 2.05) is 41.5 Å². The first-order chi connectivity index (χ1) is 6.93. The fraction of sp³-hybridized carbons (Fsp3) is 0.692. The lowest BCUT2D eigenvalue weighted by atomic mass is 9.92. The molecule has 0 atom stereocenters. The van der Waals surface area contributed by atoms with Crippen LogP contribution in [0.1, 0.15) is 48.5 Å². The molecule has 0 saturated heterocycles. The Morgan fingerprint density at radius 2 is 1.56 bits per heavy atom. The van der Waals surface area contributed by atoms with Gasteiger partial charge >= 0.3 is 0 Å². The average Bonchev–Trinajstić information content (AvgIpc) is 1.98. The van der Waals surface area contributed by atoms with Crippen molar-refractivity contribution in [2.45, 2.75) is 54.0 Å². The molecule has 0 aromatic carbocycles. The van der Waals surface area contributed by atoms with Crippen LogP contribution >= 0.6 is 0 Å². The van der Waals surface area contributed by atoms with Gasteiger partial charge in [0.2, 0.25) is 0 Å². The van der Waals surface area contributed by atoms with Gasteiger partial charge in [0.1, 0.15) is 5.71 Å². The second-order valence-corrected chi connectivity index (χ2v) is 6.00. The number of aliphatic hydroxyl groups excluding tert-OH is 1. The molecule has 1 N–H and O–H groups in total. The molecule has 3 heteroatoms. The van der Waals surface area contributed by atoms with Gasteiger partial charge in [-0.05, 0) is 20.8 Å². The number of ketones is 1. The number of allylic oxidation sites excluding steroid dienone is 2.